The lowest BCUT2D eigenvalue weighted by molar-refractivity contribution is -0.140. The summed E-state index contributed by atoms with van der Waals surface area (Å²) in [7, 11) is 1.31. The predicted molar refractivity (Wildman–Crippen MR) is 49.2 cm³/mol. The van der Waals surface area contributed by atoms with Crippen LogP contribution in [0.1, 0.15) is 17.9 Å². The summed E-state index contributed by atoms with van der Waals surface area (Å²) < 4.78 is 4.50. The molecule has 0 spiro atoms. The Morgan fingerprint density at radius 3 is 2.79 bits per heavy atom. The van der Waals surface area contributed by atoms with Gasteiger partial charge >= 0.3 is 5.97 Å². The Morgan fingerprint density at radius 1 is 1.64 bits per heavy atom. The van der Waals surface area contributed by atoms with Crippen molar-refractivity contribution in [3.8, 4) is 6.07 Å². The van der Waals surface area contributed by atoms with Crippen LogP contribution in [0.4, 0.5) is 0 Å². The van der Waals surface area contributed by atoms with Gasteiger partial charge in [0.05, 0.1) is 25.5 Å². The van der Waals surface area contributed by atoms with Crippen LogP contribution < -0.4 is 0 Å². The van der Waals surface area contributed by atoms with Crippen molar-refractivity contribution in [3.63, 3.8) is 0 Å². The first-order valence-corrected chi connectivity index (χ1v) is 4.14. The standard InChI is InChI=1S/C10H10N2O2/c1-14-10(13)6-9(7-11)8-2-4-12-5-3-8/h2-5,9H,6H2,1H3. The fourth-order valence-electron chi connectivity index (χ4n) is 1.08. The van der Waals surface area contributed by atoms with Crippen molar-refractivity contribution >= 4 is 5.97 Å². The Labute approximate surface area is 82.1 Å². The highest BCUT2D eigenvalue weighted by molar-refractivity contribution is 5.71. The molecule has 0 aromatic carbocycles. The second kappa shape index (κ2) is 4.97. The maximum absolute atomic E-state index is 11.0. The molecule has 14 heavy (non-hydrogen) atoms. The molecule has 1 aromatic heterocycles. The quantitative estimate of drug-likeness (QED) is 0.673. The van der Waals surface area contributed by atoms with Crippen molar-refractivity contribution < 1.29 is 9.53 Å². The highest BCUT2D eigenvalue weighted by Gasteiger charge is 2.15. The maximum atomic E-state index is 11.0. The van der Waals surface area contributed by atoms with E-state index in [0.29, 0.717) is 0 Å². The first-order valence-electron chi connectivity index (χ1n) is 4.14. The Balaban J connectivity index is 2.74. The van der Waals surface area contributed by atoms with Gasteiger partial charge in [-0.3, -0.25) is 9.78 Å². The second-order valence-electron chi connectivity index (χ2n) is 2.74. The van der Waals surface area contributed by atoms with E-state index >= 15 is 0 Å². The van der Waals surface area contributed by atoms with E-state index in [9.17, 15) is 4.79 Å². The van der Waals surface area contributed by atoms with Gasteiger partial charge in [-0.15, -0.1) is 0 Å². The van der Waals surface area contributed by atoms with Crippen LogP contribution >= 0.6 is 0 Å². The molecule has 0 saturated heterocycles. The van der Waals surface area contributed by atoms with Crippen molar-refractivity contribution in [2.75, 3.05) is 7.11 Å². The summed E-state index contributed by atoms with van der Waals surface area (Å²) in [5.74, 6) is -0.834. The molecule has 0 saturated carbocycles. The van der Waals surface area contributed by atoms with E-state index < -0.39 is 5.92 Å². The average molecular weight is 190 g/mol. The van der Waals surface area contributed by atoms with Crippen LogP contribution in [0.25, 0.3) is 0 Å². The molecule has 0 aliphatic carbocycles. The van der Waals surface area contributed by atoms with E-state index in [-0.39, 0.29) is 12.4 Å². The average Bonchev–Trinajstić information content (AvgIpc) is 2.26. The van der Waals surface area contributed by atoms with Crippen LogP contribution in [0.5, 0.6) is 0 Å². The van der Waals surface area contributed by atoms with Crippen LogP contribution in [0.2, 0.25) is 0 Å². The third kappa shape index (κ3) is 2.56. The molecule has 0 N–H and O–H groups in total. The fraction of sp³-hybridized carbons (Fsp3) is 0.300. The van der Waals surface area contributed by atoms with E-state index in [2.05, 4.69) is 15.8 Å². The number of ether oxygens (including phenoxy) is 1. The molecule has 1 atom stereocenters. The van der Waals surface area contributed by atoms with Crippen LogP contribution in [-0.2, 0) is 9.53 Å². The van der Waals surface area contributed by atoms with Gasteiger partial charge in [-0.05, 0) is 17.7 Å². The summed E-state index contributed by atoms with van der Waals surface area (Å²) >= 11 is 0. The summed E-state index contributed by atoms with van der Waals surface area (Å²) in [6, 6.07) is 5.49. The smallest absolute Gasteiger partial charge is 0.307 e. The molecule has 0 radical (unpaired) electrons. The maximum Gasteiger partial charge on any atom is 0.307 e. The number of carbonyl (C=O) groups is 1. The Morgan fingerprint density at radius 2 is 2.29 bits per heavy atom. The molecule has 1 rings (SSSR count). The summed E-state index contributed by atoms with van der Waals surface area (Å²) in [6.45, 7) is 0. The van der Waals surface area contributed by atoms with E-state index in [1.165, 1.54) is 7.11 Å². The third-order valence-electron chi connectivity index (χ3n) is 1.86. The zero-order valence-electron chi connectivity index (χ0n) is 7.80. The number of hydrogen-bond donors (Lipinski definition) is 0. The minimum atomic E-state index is -0.453. The lowest BCUT2D eigenvalue weighted by Gasteiger charge is -2.06. The number of nitrogens with zero attached hydrogens (tertiary/aromatic N) is 2. The van der Waals surface area contributed by atoms with Gasteiger partial charge in [-0.1, -0.05) is 0 Å². The lowest BCUT2D eigenvalue weighted by Crippen LogP contribution is -2.07. The number of pyridine rings is 1. The molecule has 1 aromatic rings. The molecule has 0 amide bonds. The van der Waals surface area contributed by atoms with Crippen molar-refractivity contribution in [2.45, 2.75) is 12.3 Å². The zero-order valence-corrected chi connectivity index (χ0v) is 7.80. The first-order chi connectivity index (χ1) is 6.77. The summed E-state index contributed by atoms with van der Waals surface area (Å²) in [5, 5.41) is 8.85. The largest absolute Gasteiger partial charge is 0.469 e. The van der Waals surface area contributed by atoms with Crippen molar-refractivity contribution in [1.82, 2.24) is 4.98 Å². The van der Waals surface area contributed by atoms with E-state index in [1.807, 2.05) is 0 Å². The number of rotatable bonds is 3. The number of esters is 1. The van der Waals surface area contributed by atoms with E-state index in [1.54, 1.807) is 24.5 Å². The first kappa shape index (κ1) is 10.2. The van der Waals surface area contributed by atoms with Crippen molar-refractivity contribution in [3.05, 3.63) is 30.1 Å². The lowest BCUT2D eigenvalue weighted by atomic mass is 9.99. The number of nitriles is 1. The number of aromatic nitrogens is 1. The van der Waals surface area contributed by atoms with Gasteiger partial charge in [0.2, 0.25) is 0 Å². The minimum absolute atomic E-state index is 0.0804. The van der Waals surface area contributed by atoms with Crippen molar-refractivity contribution in [2.24, 2.45) is 0 Å². The molecule has 1 heterocycles. The van der Waals surface area contributed by atoms with Gasteiger partial charge in [0.15, 0.2) is 0 Å². The molecule has 1 unspecified atom stereocenters. The van der Waals surface area contributed by atoms with Gasteiger partial charge in [0.25, 0.3) is 0 Å². The number of hydrogen-bond acceptors (Lipinski definition) is 4. The number of carbonyl (C=O) groups excluding carboxylic acids is 1. The normalized spacial score (nSPS) is 11.4. The highest BCUT2D eigenvalue weighted by atomic mass is 16.5. The molecule has 4 heteroatoms. The van der Waals surface area contributed by atoms with Gasteiger partial charge in [0, 0.05) is 12.4 Å². The van der Waals surface area contributed by atoms with Gasteiger partial charge in [-0.2, -0.15) is 5.26 Å². The monoisotopic (exact) mass is 190 g/mol. The number of methoxy groups -OCH3 is 1. The Hall–Kier alpha value is -1.89. The molecular formula is C10H10N2O2. The Bertz CT molecular complexity index is 343. The van der Waals surface area contributed by atoms with Crippen LogP contribution in [-0.4, -0.2) is 18.1 Å². The molecule has 0 aliphatic rings. The van der Waals surface area contributed by atoms with Crippen LogP contribution in [0.15, 0.2) is 24.5 Å². The van der Waals surface area contributed by atoms with Crippen LogP contribution in [0.3, 0.4) is 0 Å². The van der Waals surface area contributed by atoms with E-state index in [4.69, 9.17) is 5.26 Å². The summed E-state index contributed by atoms with van der Waals surface area (Å²) in [5.41, 5.74) is 0.785. The highest BCUT2D eigenvalue weighted by Crippen LogP contribution is 2.17. The predicted octanol–water partition coefficient (Wildman–Crippen LogP) is 1.25. The van der Waals surface area contributed by atoms with Crippen molar-refractivity contribution in [1.29, 1.82) is 5.26 Å². The molecule has 0 bridgehead atoms. The Kier molecular flexibility index (Phi) is 3.62. The van der Waals surface area contributed by atoms with Crippen LogP contribution in [0, 0.1) is 11.3 Å². The SMILES string of the molecule is COC(=O)CC(C#N)c1ccncc1. The third-order valence-corrected chi connectivity index (χ3v) is 1.86. The van der Waals surface area contributed by atoms with E-state index in [0.717, 1.165) is 5.56 Å². The molecule has 0 aliphatic heterocycles. The minimum Gasteiger partial charge on any atom is -0.469 e. The summed E-state index contributed by atoms with van der Waals surface area (Å²) in [6.07, 6.45) is 3.27. The fourth-order valence-corrected chi connectivity index (χ4v) is 1.08. The second-order valence-corrected chi connectivity index (χ2v) is 2.74. The molecule has 72 valence electrons. The molecular weight excluding hydrogens is 180 g/mol. The van der Waals surface area contributed by atoms with Gasteiger partial charge in [0.1, 0.15) is 0 Å². The van der Waals surface area contributed by atoms with Gasteiger partial charge < -0.3 is 4.74 Å². The topological polar surface area (TPSA) is 63.0 Å². The zero-order chi connectivity index (χ0) is 10.4. The van der Waals surface area contributed by atoms with Gasteiger partial charge in [-0.25, -0.2) is 0 Å². The summed E-state index contributed by atoms with van der Waals surface area (Å²) in [4.78, 5) is 14.8. The molecule has 4 nitrogen and oxygen atoms in total. The molecule has 0 fully saturated rings.